The molecule has 0 saturated heterocycles. The van der Waals surface area contributed by atoms with E-state index in [1.54, 1.807) is 36.4 Å². The van der Waals surface area contributed by atoms with Gasteiger partial charge in [-0.25, -0.2) is 5.43 Å². The van der Waals surface area contributed by atoms with Gasteiger partial charge in [-0.2, -0.15) is 5.10 Å². The molecule has 2 aromatic rings. The van der Waals surface area contributed by atoms with Crippen LogP contribution in [-0.4, -0.2) is 11.6 Å². The van der Waals surface area contributed by atoms with E-state index < -0.39 is 0 Å². The lowest BCUT2D eigenvalue weighted by Crippen LogP contribution is -2.19. The highest BCUT2D eigenvalue weighted by atomic mass is 35.5. The summed E-state index contributed by atoms with van der Waals surface area (Å²) in [7, 11) is 0. The Kier molecular flexibility index (Phi) is 4.38. The number of hydrogen-bond donors (Lipinski definition) is 2. The normalized spacial score (nSPS) is 11.2. The summed E-state index contributed by atoms with van der Waals surface area (Å²) in [5.74, 6) is -0.279. The van der Waals surface area contributed by atoms with Gasteiger partial charge in [-0.3, -0.25) is 4.79 Å². The van der Waals surface area contributed by atoms with Crippen molar-refractivity contribution >= 4 is 28.9 Å². The first kappa shape index (κ1) is 14.1. The average Bonchev–Trinajstić information content (AvgIpc) is 2.46. The number of nitrogen functional groups attached to an aromatic ring is 1. The molecule has 0 fully saturated rings. The molecule has 0 aliphatic heterocycles. The zero-order valence-electron chi connectivity index (χ0n) is 10.9. The largest absolute Gasteiger partial charge is 0.399 e. The Labute approximate surface area is 122 Å². The van der Waals surface area contributed by atoms with Gasteiger partial charge in [0, 0.05) is 16.3 Å². The number of anilines is 1. The molecule has 102 valence electrons. The van der Waals surface area contributed by atoms with Gasteiger partial charge in [-0.05, 0) is 48.9 Å². The Morgan fingerprint density at radius 2 is 1.60 bits per heavy atom. The van der Waals surface area contributed by atoms with E-state index in [-0.39, 0.29) is 5.91 Å². The molecule has 0 aromatic heterocycles. The second-order valence-electron chi connectivity index (χ2n) is 4.27. The molecular weight excluding hydrogens is 274 g/mol. The van der Waals surface area contributed by atoms with E-state index in [1.165, 1.54) is 0 Å². The lowest BCUT2D eigenvalue weighted by molar-refractivity contribution is 0.0955. The molecular formula is C15H14ClN3O. The number of amides is 1. The molecule has 1 amide bonds. The third kappa shape index (κ3) is 3.59. The van der Waals surface area contributed by atoms with Gasteiger partial charge in [0.2, 0.25) is 0 Å². The molecule has 0 aliphatic carbocycles. The Bertz CT molecular complexity index is 633. The lowest BCUT2D eigenvalue weighted by atomic mass is 10.1. The number of halogens is 1. The van der Waals surface area contributed by atoms with Gasteiger partial charge in [0.15, 0.2) is 0 Å². The predicted molar refractivity (Wildman–Crippen MR) is 82.0 cm³/mol. The van der Waals surface area contributed by atoms with Crippen molar-refractivity contribution in [3.63, 3.8) is 0 Å². The number of carbonyl (C=O) groups excluding carboxylic acids is 1. The molecule has 2 aromatic carbocycles. The zero-order chi connectivity index (χ0) is 14.5. The van der Waals surface area contributed by atoms with Gasteiger partial charge < -0.3 is 5.73 Å². The number of hydrogen-bond acceptors (Lipinski definition) is 3. The molecule has 0 bridgehead atoms. The van der Waals surface area contributed by atoms with Crippen LogP contribution in [0.5, 0.6) is 0 Å². The minimum Gasteiger partial charge on any atom is -0.399 e. The van der Waals surface area contributed by atoms with E-state index in [1.807, 2.05) is 19.1 Å². The molecule has 0 aliphatic rings. The van der Waals surface area contributed by atoms with E-state index in [2.05, 4.69) is 10.5 Å². The van der Waals surface area contributed by atoms with Crippen LogP contribution in [0.4, 0.5) is 5.69 Å². The second-order valence-corrected chi connectivity index (χ2v) is 4.70. The summed E-state index contributed by atoms with van der Waals surface area (Å²) in [6.07, 6.45) is 0. The van der Waals surface area contributed by atoms with Crippen LogP contribution < -0.4 is 11.2 Å². The number of nitrogens with one attached hydrogen (secondary N) is 1. The van der Waals surface area contributed by atoms with Crippen molar-refractivity contribution in [2.75, 3.05) is 5.73 Å². The summed E-state index contributed by atoms with van der Waals surface area (Å²) in [6.45, 7) is 1.81. The maximum atomic E-state index is 11.9. The van der Waals surface area contributed by atoms with Gasteiger partial charge in [-0.1, -0.05) is 23.7 Å². The first-order chi connectivity index (χ1) is 9.56. The number of hydrazone groups is 1. The smallest absolute Gasteiger partial charge is 0.271 e. The summed E-state index contributed by atoms with van der Waals surface area (Å²) >= 11 is 5.82. The summed E-state index contributed by atoms with van der Waals surface area (Å²) in [5, 5.41) is 4.73. The third-order valence-corrected chi connectivity index (χ3v) is 3.01. The molecule has 0 atom stereocenters. The summed E-state index contributed by atoms with van der Waals surface area (Å²) in [5.41, 5.74) is 10.8. The molecule has 5 heteroatoms. The molecule has 4 nitrogen and oxygen atoms in total. The van der Waals surface area contributed by atoms with Gasteiger partial charge in [0.25, 0.3) is 5.91 Å². The number of nitrogens with two attached hydrogens (primary N) is 1. The zero-order valence-corrected chi connectivity index (χ0v) is 11.7. The van der Waals surface area contributed by atoms with Crippen LogP contribution in [0.1, 0.15) is 22.8 Å². The SMILES string of the molecule is C/C(=N\NC(=O)c1ccc(N)cc1)c1ccc(Cl)cc1. The maximum Gasteiger partial charge on any atom is 0.271 e. The highest BCUT2D eigenvalue weighted by Crippen LogP contribution is 2.10. The lowest BCUT2D eigenvalue weighted by Gasteiger charge is -2.03. The fraction of sp³-hybridized carbons (Fsp3) is 0.0667. The second kappa shape index (κ2) is 6.21. The van der Waals surface area contributed by atoms with E-state index in [4.69, 9.17) is 17.3 Å². The molecule has 0 radical (unpaired) electrons. The average molecular weight is 288 g/mol. The van der Waals surface area contributed by atoms with Crippen LogP contribution in [0.15, 0.2) is 53.6 Å². The van der Waals surface area contributed by atoms with E-state index in [0.29, 0.717) is 22.0 Å². The third-order valence-electron chi connectivity index (χ3n) is 2.76. The number of carbonyl (C=O) groups is 1. The number of rotatable bonds is 3. The van der Waals surface area contributed by atoms with Crippen LogP contribution in [0.2, 0.25) is 5.02 Å². The van der Waals surface area contributed by atoms with Crippen LogP contribution in [0.25, 0.3) is 0 Å². The molecule has 0 spiro atoms. The Balaban J connectivity index is 2.06. The molecule has 0 unspecified atom stereocenters. The summed E-state index contributed by atoms with van der Waals surface area (Å²) in [6, 6.07) is 13.9. The predicted octanol–water partition coefficient (Wildman–Crippen LogP) is 3.08. The van der Waals surface area contributed by atoms with Crippen LogP contribution in [-0.2, 0) is 0 Å². The quantitative estimate of drug-likeness (QED) is 0.517. The van der Waals surface area contributed by atoms with Crippen LogP contribution in [0.3, 0.4) is 0 Å². The first-order valence-electron chi connectivity index (χ1n) is 6.02. The minimum atomic E-state index is -0.279. The van der Waals surface area contributed by atoms with Crippen molar-refractivity contribution in [3.8, 4) is 0 Å². The van der Waals surface area contributed by atoms with E-state index in [0.717, 1.165) is 5.56 Å². The van der Waals surface area contributed by atoms with E-state index >= 15 is 0 Å². The maximum absolute atomic E-state index is 11.9. The Morgan fingerprint density at radius 1 is 1.05 bits per heavy atom. The molecule has 0 heterocycles. The highest BCUT2D eigenvalue weighted by molar-refractivity contribution is 6.30. The van der Waals surface area contributed by atoms with Crippen molar-refractivity contribution in [2.24, 2.45) is 5.10 Å². The fourth-order valence-electron chi connectivity index (χ4n) is 1.59. The minimum absolute atomic E-state index is 0.279. The standard InChI is InChI=1S/C15H14ClN3O/c1-10(11-2-6-13(16)7-3-11)18-19-15(20)12-4-8-14(17)9-5-12/h2-9H,17H2,1H3,(H,19,20)/b18-10+. The Hall–Kier alpha value is -2.33. The molecule has 0 saturated carbocycles. The fourth-order valence-corrected chi connectivity index (χ4v) is 1.72. The van der Waals surface area contributed by atoms with Crippen LogP contribution >= 0.6 is 11.6 Å². The Morgan fingerprint density at radius 3 is 2.20 bits per heavy atom. The highest BCUT2D eigenvalue weighted by Gasteiger charge is 2.04. The topological polar surface area (TPSA) is 67.5 Å². The van der Waals surface area contributed by atoms with Crippen molar-refractivity contribution in [2.45, 2.75) is 6.92 Å². The molecule has 2 rings (SSSR count). The van der Waals surface area contributed by atoms with Crippen molar-refractivity contribution in [1.82, 2.24) is 5.43 Å². The first-order valence-corrected chi connectivity index (χ1v) is 6.40. The molecule has 20 heavy (non-hydrogen) atoms. The monoisotopic (exact) mass is 287 g/mol. The number of nitrogens with zero attached hydrogens (tertiary/aromatic N) is 1. The van der Waals surface area contributed by atoms with Crippen molar-refractivity contribution < 1.29 is 4.79 Å². The van der Waals surface area contributed by atoms with Crippen molar-refractivity contribution in [1.29, 1.82) is 0 Å². The summed E-state index contributed by atoms with van der Waals surface area (Å²) < 4.78 is 0. The van der Waals surface area contributed by atoms with E-state index in [9.17, 15) is 4.79 Å². The van der Waals surface area contributed by atoms with Gasteiger partial charge >= 0.3 is 0 Å². The van der Waals surface area contributed by atoms with Crippen LogP contribution in [0, 0.1) is 0 Å². The van der Waals surface area contributed by atoms with Gasteiger partial charge in [0.1, 0.15) is 0 Å². The van der Waals surface area contributed by atoms with Gasteiger partial charge in [-0.15, -0.1) is 0 Å². The summed E-state index contributed by atoms with van der Waals surface area (Å²) in [4.78, 5) is 11.9. The van der Waals surface area contributed by atoms with Gasteiger partial charge in [0.05, 0.1) is 5.71 Å². The van der Waals surface area contributed by atoms with Crippen molar-refractivity contribution in [3.05, 3.63) is 64.7 Å². The number of benzene rings is 2. The molecule has 3 N–H and O–H groups in total.